The van der Waals surface area contributed by atoms with Gasteiger partial charge in [0.25, 0.3) is 0 Å². The van der Waals surface area contributed by atoms with Gasteiger partial charge < -0.3 is 20.3 Å². The fraction of sp³-hybridized carbons (Fsp3) is 0.308. The first-order valence-electron chi connectivity index (χ1n) is 5.91. The summed E-state index contributed by atoms with van der Waals surface area (Å²) >= 11 is 0. The van der Waals surface area contributed by atoms with E-state index in [1.165, 1.54) is 25.1 Å². The molecule has 1 amide bonds. The lowest BCUT2D eigenvalue weighted by molar-refractivity contribution is -0.119. The maximum Gasteiger partial charge on any atom is 0.346 e. The predicted octanol–water partition coefficient (Wildman–Crippen LogP) is -0.472. The second kappa shape index (κ2) is 5.40. The van der Waals surface area contributed by atoms with Gasteiger partial charge in [-0.3, -0.25) is 4.79 Å². The lowest BCUT2D eigenvalue weighted by atomic mass is 9.99. The normalized spacial score (nSPS) is 16.4. The monoisotopic (exact) mass is 279 g/mol. The molecule has 1 aromatic carbocycles. The van der Waals surface area contributed by atoms with Gasteiger partial charge in [-0.05, 0) is 17.7 Å². The van der Waals surface area contributed by atoms with Crippen molar-refractivity contribution in [3.05, 3.63) is 34.9 Å². The van der Waals surface area contributed by atoms with Gasteiger partial charge in [0.2, 0.25) is 5.91 Å². The maximum absolute atomic E-state index is 11.4. The van der Waals surface area contributed by atoms with Gasteiger partial charge in [0.15, 0.2) is 0 Å². The topological polar surface area (TPSA) is 113 Å². The molecule has 0 bridgehead atoms. The van der Waals surface area contributed by atoms with Gasteiger partial charge in [-0.15, -0.1) is 0 Å². The lowest BCUT2D eigenvalue weighted by Crippen LogP contribution is -2.34. The van der Waals surface area contributed by atoms with Crippen LogP contribution >= 0.6 is 0 Å². The van der Waals surface area contributed by atoms with Crippen LogP contribution in [-0.4, -0.2) is 40.7 Å². The van der Waals surface area contributed by atoms with E-state index in [-0.39, 0.29) is 29.1 Å². The highest BCUT2D eigenvalue weighted by atomic mass is 16.6. The Morgan fingerprint density at radius 1 is 1.25 bits per heavy atom. The number of aliphatic hydroxyl groups is 2. The first-order chi connectivity index (χ1) is 9.40. The van der Waals surface area contributed by atoms with Crippen molar-refractivity contribution < 1.29 is 29.3 Å². The molecule has 1 aromatic rings. The number of fused-ring (bicyclic) bond motifs is 1. The minimum Gasteiger partial charge on any atom is -0.388 e. The van der Waals surface area contributed by atoms with Crippen LogP contribution in [0.5, 0.6) is 0 Å². The molecule has 0 radical (unpaired) electrons. The number of esters is 2. The molecule has 7 heteroatoms. The van der Waals surface area contributed by atoms with E-state index < -0.39 is 24.1 Å². The molecule has 0 aromatic heterocycles. The van der Waals surface area contributed by atoms with Crippen molar-refractivity contribution in [1.82, 2.24) is 5.32 Å². The molecule has 1 heterocycles. The number of ether oxygens (including phenoxy) is 1. The number of cyclic esters (lactones) is 2. The van der Waals surface area contributed by atoms with E-state index in [4.69, 9.17) is 0 Å². The molecule has 7 nitrogen and oxygen atoms in total. The molecule has 20 heavy (non-hydrogen) atoms. The second-order valence-corrected chi connectivity index (χ2v) is 4.43. The van der Waals surface area contributed by atoms with E-state index in [2.05, 4.69) is 10.1 Å². The highest BCUT2D eigenvalue weighted by molar-refractivity contribution is 6.14. The zero-order chi connectivity index (χ0) is 14.9. The molecular weight excluding hydrogens is 266 g/mol. The molecule has 106 valence electrons. The Balaban J connectivity index is 2.17. The van der Waals surface area contributed by atoms with Crippen LogP contribution in [-0.2, 0) is 9.53 Å². The molecule has 0 fully saturated rings. The van der Waals surface area contributed by atoms with E-state index >= 15 is 0 Å². The number of hydrogen-bond donors (Lipinski definition) is 3. The molecule has 2 unspecified atom stereocenters. The van der Waals surface area contributed by atoms with Gasteiger partial charge in [0.1, 0.15) is 12.2 Å². The highest BCUT2D eigenvalue weighted by Crippen LogP contribution is 2.25. The smallest absolute Gasteiger partial charge is 0.346 e. The standard InChI is InChI=1S/C13H13NO6/c1-6(15)14-5-10(16)11(17)7-2-3-8-9(4-7)13(19)20-12(8)18/h2-4,10-11,16-17H,5H2,1H3,(H,14,15). The Hall–Kier alpha value is -2.25. The zero-order valence-corrected chi connectivity index (χ0v) is 10.6. The van der Waals surface area contributed by atoms with Crippen molar-refractivity contribution in [2.45, 2.75) is 19.1 Å². The lowest BCUT2D eigenvalue weighted by Gasteiger charge is -2.18. The van der Waals surface area contributed by atoms with Gasteiger partial charge >= 0.3 is 11.9 Å². The van der Waals surface area contributed by atoms with Crippen LogP contribution in [0.2, 0.25) is 0 Å². The Bertz CT molecular complexity index is 582. The number of amides is 1. The SMILES string of the molecule is CC(=O)NCC(O)C(O)c1ccc2c(c1)C(=O)OC2=O. The third-order valence-electron chi connectivity index (χ3n) is 2.93. The van der Waals surface area contributed by atoms with Gasteiger partial charge in [-0.2, -0.15) is 0 Å². The minimum absolute atomic E-state index is 0.0540. The number of hydrogen-bond acceptors (Lipinski definition) is 6. The Morgan fingerprint density at radius 3 is 2.55 bits per heavy atom. The molecule has 0 saturated carbocycles. The van der Waals surface area contributed by atoms with Crippen molar-refractivity contribution in [2.24, 2.45) is 0 Å². The average Bonchev–Trinajstić information content (AvgIpc) is 2.70. The van der Waals surface area contributed by atoms with Crippen molar-refractivity contribution in [3.63, 3.8) is 0 Å². The van der Waals surface area contributed by atoms with Crippen molar-refractivity contribution in [3.8, 4) is 0 Å². The maximum atomic E-state index is 11.4. The van der Waals surface area contributed by atoms with E-state index in [1.54, 1.807) is 0 Å². The van der Waals surface area contributed by atoms with Crippen LogP contribution < -0.4 is 5.32 Å². The second-order valence-electron chi connectivity index (χ2n) is 4.43. The van der Waals surface area contributed by atoms with E-state index in [0.717, 1.165) is 0 Å². The van der Waals surface area contributed by atoms with Gasteiger partial charge in [-0.1, -0.05) is 6.07 Å². The van der Waals surface area contributed by atoms with Gasteiger partial charge in [-0.25, -0.2) is 9.59 Å². The summed E-state index contributed by atoms with van der Waals surface area (Å²) in [6.45, 7) is 1.16. The Morgan fingerprint density at radius 2 is 1.90 bits per heavy atom. The van der Waals surface area contributed by atoms with E-state index in [9.17, 15) is 24.6 Å². The van der Waals surface area contributed by atoms with Gasteiger partial charge in [0, 0.05) is 13.5 Å². The summed E-state index contributed by atoms with van der Waals surface area (Å²) in [4.78, 5) is 33.4. The van der Waals surface area contributed by atoms with Crippen molar-refractivity contribution in [2.75, 3.05) is 6.54 Å². The fourth-order valence-corrected chi connectivity index (χ4v) is 1.87. The van der Waals surface area contributed by atoms with Crippen LogP contribution in [0.15, 0.2) is 18.2 Å². The van der Waals surface area contributed by atoms with Crippen molar-refractivity contribution in [1.29, 1.82) is 0 Å². The molecule has 0 saturated heterocycles. The summed E-state index contributed by atoms with van der Waals surface area (Å²) < 4.78 is 4.43. The third-order valence-corrected chi connectivity index (χ3v) is 2.93. The fourth-order valence-electron chi connectivity index (χ4n) is 1.87. The molecule has 2 atom stereocenters. The molecule has 3 N–H and O–H groups in total. The summed E-state index contributed by atoms with van der Waals surface area (Å²) in [5, 5.41) is 22.1. The first-order valence-corrected chi connectivity index (χ1v) is 5.91. The molecule has 0 aliphatic carbocycles. The third kappa shape index (κ3) is 2.68. The van der Waals surface area contributed by atoms with E-state index in [1.807, 2.05) is 0 Å². The molecule has 0 spiro atoms. The number of carbonyl (C=O) groups excluding carboxylic acids is 3. The number of benzene rings is 1. The quantitative estimate of drug-likeness (QED) is 0.507. The summed E-state index contributed by atoms with van der Waals surface area (Å²) in [6.07, 6.45) is -2.53. The van der Waals surface area contributed by atoms with Crippen LogP contribution in [0.1, 0.15) is 39.3 Å². The predicted molar refractivity (Wildman–Crippen MR) is 65.8 cm³/mol. The number of nitrogens with one attached hydrogen (secondary N) is 1. The Labute approximate surface area is 114 Å². The highest BCUT2D eigenvalue weighted by Gasteiger charge is 2.31. The van der Waals surface area contributed by atoms with Crippen LogP contribution in [0.3, 0.4) is 0 Å². The number of aliphatic hydroxyl groups excluding tert-OH is 2. The van der Waals surface area contributed by atoms with Gasteiger partial charge in [0.05, 0.1) is 11.1 Å². The largest absolute Gasteiger partial charge is 0.388 e. The summed E-state index contributed by atoms with van der Waals surface area (Å²) in [5.41, 5.74) is 0.439. The van der Waals surface area contributed by atoms with Crippen LogP contribution in [0.25, 0.3) is 0 Å². The first kappa shape index (κ1) is 14.2. The summed E-state index contributed by atoms with van der Waals surface area (Å²) in [5.74, 6) is -1.85. The Kier molecular flexibility index (Phi) is 3.82. The molecule has 1 aliphatic heterocycles. The summed E-state index contributed by atoms with van der Waals surface area (Å²) in [7, 11) is 0. The van der Waals surface area contributed by atoms with E-state index in [0.29, 0.717) is 0 Å². The van der Waals surface area contributed by atoms with Crippen LogP contribution in [0.4, 0.5) is 0 Å². The van der Waals surface area contributed by atoms with Crippen LogP contribution in [0, 0.1) is 0 Å². The van der Waals surface area contributed by atoms with Crippen molar-refractivity contribution >= 4 is 17.8 Å². The molecule has 2 rings (SSSR count). The number of carbonyl (C=O) groups is 3. The molecule has 1 aliphatic rings. The number of rotatable bonds is 4. The zero-order valence-electron chi connectivity index (χ0n) is 10.6. The molecular formula is C13H13NO6. The average molecular weight is 279 g/mol. The summed E-state index contributed by atoms with van der Waals surface area (Å²) in [6, 6.07) is 4.07. The minimum atomic E-state index is -1.30.